The molecule has 23 heavy (non-hydrogen) atoms. The van der Waals surface area contributed by atoms with Crippen molar-refractivity contribution in [3.63, 3.8) is 0 Å². The van der Waals surface area contributed by atoms with Gasteiger partial charge in [-0.15, -0.1) is 10.2 Å². The maximum Gasteiger partial charge on any atom is 0.180 e. The molecule has 2 aromatic carbocycles. The fourth-order valence-electron chi connectivity index (χ4n) is 2.50. The fourth-order valence-corrected chi connectivity index (χ4v) is 2.83. The van der Waals surface area contributed by atoms with Gasteiger partial charge in [0, 0.05) is 11.1 Å². The zero-order valence-corrected chi connectivity index (χ0v) is 12.5. The van der Waals surface area contributed by atoms with Gasteiger partial charge in [0.25, 0.3) is 0 Å². The Hall–Kier alpha value is -2.79. The molecule has 0 fully saturated rings. The van der Waals surface area contributed by atoms with E-state index in [-0.39, 0.29) is 5.82 Å². The molecule has 0 amide bonds. The minimum absolute atomic E-state index is 0.351. The molecule has 4 rings (SSSR count). The Balaban J connectivity index is 1.98. The molecule has 0 aliphatic heterocycles. The molecular weight excluding hydrogens is 315 g/mol. The average molecular weight is 325 g/mol. The highest BCUT2D eigenvalue weighted by Gasteiger charge is 2.18. The maximum atomic E-state index is 13.5. The molecule has 0 spiro atoms. The predicted octanol–water partition coefficient (Wildman–Crippen LogP) is 4.48. The summed E-state index contributed by atoms with van der Waals surface area (Å²) in [5.74, 6) is -0.351. The highest BCUT2D eigenvalue weighted by molar-refractivity contribution is 6.38. The molecule has 1 N–H and O–H groups in total. The van der Waals surface area contributed by atoms with Gasteiger partial charge >= 0.3 is 0 Å². The first-order valence-electron chi connectivity index (χ1n) is 6.95. The predicted molar refractivity (Wildman–Crippen MR) is 87.5 cm³/mol. The van der Waals surface area contributed by atoms with Gasteiger partial charge in [0.1, 0.15) is 17.2 Å². The molecule has 0 unspecified atom stereocenters. The Morgan fingerprint density at radius 1 is 0.870 bits per heavy atom. The molecule has 4 aromatic rings. The smallest absolute Gasteiger partial charge is 0.180 e. The van der Waals surface area contributed by atoms with Crippen molar-refractivity contribution < 1.29 is 4.39 Å². The zero-order chi connectivity index (χ0) is 15.8. The quantitative estimate of drug-likeness (QED) is 0.591. The highest BCUT2D eigenvalue weighted by atomic mass is 35.5. The molecule has 0 saturated carbocycles. The van der Waals surface area contributed by atoms with E-state index in [1.54, 1.807) is 12.1 Å². The normalized spacial score (nSPS) is 11.0. The van der Waals surface area contributed by atoms with Crippen molar-refractivity contribution in [2.75, 3.05) is 0 Å². The minimum Gasteiger partial charge on any atom is -0.259 e. The zero-order valence-electron chi connectivity index (χ0n) is 11.8. The van der Waals surface area contributed by atoms with E-state index in [1.165, 1.54) is 12.1 Å². The third-order valence-electron chi connectivity index (χ3n) is 3.57. The summed E-state index contributed by atoms with van der Waals surface area (Å²) in [4.78, 5) is 0. The van der Waals surface area contributed by atoms with Crippen LogP contribution in [0.5, 0.6) is 0 Å². The van der Waals surface area contributed by atoms with E-state index in [4.69, 9.17) is 11.6 Å². The van der Waals surface area contributed by atoms with Crippen molar-refractivity contribution >= 4 is 22.6 Å². The van der Waals surface area contributed by atoms with Gasteiger partial charge < -0.3 is 0 Å². The van der Waals surface area contributed by atoms with Gasteiger partial charge in [-0.25, -0.2) is 4.39 Å². The first-order chi connectivity index (χ1) is 11.2. The molecule has 0 bridgehead atoms. The van der Waals surface area contributed by atoms with Crippen molar-refractivity contribution in [1.82, 2.24) is 20.4 Å². The summed E-state index contributed by atoms with van der Waals surface area (Å²) in [6.45, 7) is 0. The van der Waals surface area contributed by atoms with Crippen LogP contribution in [-0.4, -0.2) is 20.4 Å². The Kier molecular flexibility index (Phi) is 3.28. The third-order valence-corrected chi connectivity index (χ3v) is 3.94. The number of rotatable bonds is 2. The summed E-state index contributed by atoms with van der Waals surface area (Å²) >= 11 is 6.54. The van der Waals surface area contributed by atoms with Gasteiger partial charge in [-0.1, -0.05) is 54.1 Å². The van der Waals surface area contributed by atoms with Gasteiger partial charge in [-0.05, 0) is 12.1 Å². The second-order valence-electron chi connectivity index (χ2n) is 5.03. The summed E-state index contributed by atoms with van der Waals surface area (Å²) in [7, 11) is 0. The number of nitrogens with zero attached hydrogens (tertiary/aromatic N) is 3. The molecule has 2 heterocycles. The van der Waals surface area contributed by atoms with Crippen LogP contribution < -0.4 is 0 Å². The molecule has 0 atom stereocenters. The lowest BCUT2D eigenvalue weighted by atomic mass is 10.1. The molecule has 0 saturated heterocycles. The molecule has 0 aliphatic carbocycles. The lowest BCUT2D eigenvalue weighted by Gasteiger charge is -2.05. The number of nitrogens with one attached hydrogen (secondary N) is 1. The summed E-state index contributed by atoms with van der Waals surface area (Å²) in [6, 6.07) is 15.8. The Labute approximate surface area is 136 Å². The summed E-state index contributed by atoms with van der Waals surface area (Å²) < 4.78 is 13.5. The van der Waals surface area contributed by atoms with E-state index in [0.717, 1.165) is 5.56 Å². The number of halogens is 2. The van der Waals surface area contributed by atoms with Crippen LogP contribution in [0, 0.1) is 5.82 Å². The molecule has 2 aromatic heterocycles. The van der Waals surface area contributed by atoms with Crippen molar-refractivity contribution in [2.45, 2.75) is 0 Å². The third kappa shape index (κ3) is 2.35. The number of fused-ring (bicyclic) bond motifs is 1. The first-order valence-corrected chi connectivity index (χ1v) is 7.33. The second kappa shape index (κ2) is 5.44. The summed E-state index contributed by atoms with van der Waals surface area (Å²) in [5, 5.41) is 16.4. The van der Waals surface area contributed by atoms with Crippen LogP contribution in [0.25, 0.3) is 33.5 Å². The average Bonchev–Trinajstić information content (AvgIpc) is 3.01. The van der Waals surface area contributed by atoms with Gasteiger partial charge in [-0.2, -0.15) is 5.10 Å². The maximum absolute atomic E-state index is 13.5. The molecule has 4 nitrogen and oxygen atoms in total. The van der Waals surface area contributed by atoms with E-state index in [0.29, 0.717) is 33.0 Å². The van der Waals surface area contributed by atoms with Gasteiger partial charge in [0.05, 0.1) is 10.4 Å². The Morgan fingerprint density at radius 3 is 2.43 bits per heavy atom. The molecular formula is C17H10ClFN4. The molecule has 6 heteroatoms. The topological polar surface area (TPSA) is 54.5 Å². The fraction of sp³-hybridized carbons (Fsp3) is 0. The molecule has 0 radical (unpaired) electrons. The number of aromatic nitrogens is 4. The van der Waals surface area contributed by atoms with E-state index in [2.05, 4.69) is 20.4 Å². The minimum atomic E-state index is -0.351. The van der Waals surface area contributed by atoms with Crippen LogP contribution in [-0.2, 0) is 0 Å². The lowest BCUT2D eigenvalue weighted by Crippen LogP contribution is -1.91. The largest absolute Gasteiger partial charge is 0.259 e. The van der Waals surface area contributed by atoms with Crippen LogP contribution in [0.2, 0.25) is 5.02 Å². The number of aromatic amines is 1. The number of H-pyrrole nitrogens is 1. The van der Waals surface area contributed by atoms with Gasteiger partial charge in [-0.3, -0.25) is 5.10 Å². The van der Waals surface area contributed by atoms with Gasteiger partial charge in [0.15, 0.2) is 5.65 Å². The number of hydrogen-bond donors (Lipinski definition) is 1. The first kappa shape index (κ1) is 13.8. The van der Waals surface area contributed by atoms with E-state index in [9.17, 15) is 4.39 Å². The Morgan fingerprint density at radius 2 is 1.65 bits per heavy atom. The van der Waals surface area contributed by atoms with Crippen LogP contribution >= 0.6 is 11.6 Å². The second-order valence-corrected chi connectivity index (χ2v) is 5.41. The van der Waals surface area contributed by atoms with Crippen LogP contribution in [0.4, 0.5) is 4.39 Å². The van der Waals surface area contributed by atoms with Gasteiger partial charge in [0.2, 0.25) is 0 Å². The molecule has 112 valence electrons. The highest BCUT2D eigenvalue weighted by Crippen LogP contribution is 2.36. The summed E-state index contributed by atoms with van der Waals surface area (Å²) in [5.41, 5.74) is 3.10. The monoisotopic (exact) mass is 324 g/mol. The standard InChI is InChI=1S/C17H10ClFN4/c18-14-13-15(10-5-2-1-3-6-10)20-22-17(13)23-21-16(14)11-7-4-8-12(19)9-11/h1-9H,(H,20,22,23). The molecule has 0 aliphatic rings. The van der Waals surface area contributed by atoms with E-state index < -0.39 is 0 Å². The van der Waals surface area contributed by atoms with Crippen LogP contribution in [0.1, 0.15) is 0 Å². The van der Waals surface area contributed by atoms with E-state index >= 15 is 0 Å². The Bertz CT molecular complexity index is 998. The lowest BCUT2D eigenvalue weighted by molar-refractivity contribution is 0.628. The number of hydrogen-bond acceptors (Lipinski definition) is 3. The van der Waals surface area contributed by atoms with E-state index in [1.807, 2.05) is 30.3 Å². The summed E-state index contributed by atoms with van der Waals surface area (Å²) in [6.07, 6.45) is 0. The number of benzene rings is 2. The SMILES string of the molecule is Fc1cccc(-c2nnc3[nH]nc(-c4ccccc4)c3c2Cl)c1. The van der Waals surface area contributed by atoms with Crippen molar-refractivity contribution in [2.24, 2.45) is 0 Å². The van der Waals surface area contributed by atoms with Crippen LogP contribution in [0.15, 0.2) is 54.6 Å². The van der Waals surface area contributed by atoms with Crippen molar-refractivity contribution in [1.29, 1.82) is 0 Å². The van der Waals surface area contributed by atoms with Crippen molar-refractivity contribution in [3.8, 4) is 22.5 Å². The van der Waals surface area contributed by atoms with Crippen molar-refractivity contribution in [3.05, 3.63) is 65.4 Å². The van der Waals surface area contributed by atoms with Crippen LogP contribution in [0.3, 0.4) is 0 Å².